The van der Waals surface area contributed by atoms with Crippen molar-refractivity contribution in [2.75, 3.05) is 21.3 Å². The Balaban J connectivity index is 4.73. The highest BCUT2D eigenvalue weighted by molar-refractivity contribution is 7.84. The molecule has 0 radical (unpaired) electrons. The van der Waals surface area contributed by atoms with Crippen LogP contribution in [0.1, 0.15) is 19.8 Å². The topological polar surface area (TPSA) is 27.7 Å². The fourth-order valence-corrected chi connectivity index (χ4v) is 4.63. The van der Waals surface area contributed by atoms with E-state index in [1.807, 2.05) is 0 Å². The average molecular weight is 278 g/mol. The van der Waals surface area contributed by atoms with E-state index in [-0.39, 0.29) is 6.42 Å². The number of thiol groups is 1. The molecule has 0 fully saturated rings. The molecule has 0 rings (SSSR count). The van der Waals surface area contributed by atoms with Crippen molar-refractivity contribution < 1.29 is 26.4 Å². The third-order valence-corrected chi connectivity index (χ3v) is 6.59. The predicted octanol–water partition coefficient (Wildman–Crippen LogP) is 2.43. The molecule has 0 bridgehead atoms. The van der Waals surface area contributed by atoms with E-state index >= 15 is 0 Å². The lowest BCUT2D eigenvalue weighted by Gasteiger charge is -2.37. The van der Waals surface area contributed by atoms with Crippen LogP contribution in [-0.4, -0.2) is 40.7 Å². The van der Waals surface area contributed by atoms with Crippen LogP contribution in [0.4, 0.5) is 13.2 Å². The average Bonchev–Trinajstić information content (AvgIpc) is 2.17. The van der Waals surface area contributed by atoms with Crippen LogP contribution in [0, 0.1) is 0 Å². The summed E-state index contributed by atoms with van der Waals surface area (Å²) in [5, 5.41) is 0. The lowest BCUT2D eigenvalue weighted by atomic mass is 10.2. The maximum absolute atomic E-state index is 12.1. The molecule has 3 nitrogen and oxygen atoms in total. The first-order valence-electron chi connectivity index (χ1n) is 4.58. The molecule has 0 aromatic carbocycles. The van der Waals surface area contributed by atoms with Gasteiger partial charge in [-0.15, -0.1) is 0 Å². The summed E-state index contributed by atoms with van der Waals surface area (Å²) in [6.45, 7) is 1.53. The van der Waals surface area contributed by atoms with Crippen molar-refractivity contribution in [2.24, 2.45) is 0 Å². The largest absolute Gasteiger partial charge is 0.516 e. The summed E-state index contributed by atoms with van der Waals surface area (Å²) >= 11 is 4.21. The first-order chi connectivity index (χ1) is 7.14. The summed E-state index contributed by atoms with van der Waals surface area (Å²) in [7, 11) is 0.865. The third-order valence-electron chi connectivity index (χ3n) is 2.36. The number of halogens is 3. The first kappa shape index (κ1) is 16.2. The Labute approximate surface area is 100 Å². The summed E-state index contributed by atoms with van der Waals surface area (Å²) in [5.41, 5.74) is 0. The quantitative estimate of drug-likeness (QED) is 0.597. The van der Waals surface area contributed by atoms with Gasteiger partial charge in [-0.3, -0.25) is 0 Å². The monoisotopic (exact) mass is 278 g/mol. The van der Waals surface area contributed by atoms with Crippen molar-refractivity contribution >= 4 is 21.4 Å². The molecule has 0 aliphatic heterocycles. The van der Waals surface area contributed by atoms with Gasteiger partial charge in [-0.2, -0.15) is 25.8 Å². The van der Waals surface area contributed by atoms with Gasteiger partial charge in [0, 0.05) is 27.8 Å². The van der Waals surface area contributed by atoms with Crippen molar-refractivity contribution in [3.05, 3.63) is 0 Å². The van der Waals surface area contributed by atoms with Crippen LogP contribution < -0.4 is 0 Å². The first-order valence-corrected chi connectivity index (χ1v) is 6.76. The van der Waals surface area contributed by atoms with Gasteiger partial charge in [0.25, 0.3) is 0 Å². The Hall–Kier alpha value is 0.237. The Bertz CT molecular complexity index is 211. The molecule has 0 heterocycles. The highest BCUT2D eigenvalue weighted by Crippen LogP contribution is 2.36. The Morgan fingerprint density at radius 3 is 1.62 bits per heavy atom. The van der Waals surface area contributed by atoms with Gasteiger partial charge >= 0.3 is 15.0 Å². The van der Waals surface area contributed by atoms with Crippen LogP contribution >= 0.6 is 12.6 Å². The van der Waals surface area contributed by atoms with E-state index in [0.29, 0.717) is 0 Å². The second-order valence-corrected chi connectivity index (χ2v) is 8.41. The zero-order valence-electron chi connectivity index (χ0n) is 9.72. The van der Waals surface area contributed by atoms with E-state index in [4.69, 9.17) is 13.3 Å². The normalized spacial score (nSPS) is 17.2. The maximum Gasteiger partial charge on any atom is 0.516 e. The molecule has 1 atom stereocenters. The van der Waals surface area contributed by atoms with E-state index in [1.165, 1.54) is 28.3 Å². The van der Waals surface area contributed by atoms with Crippen LogP contribution in [-0.2, 0) is 13.3 Å². The Morgan fingerprint density at radius 2 is 1.38 bits per heavy atom. The fourth-order valence-electron chi connectivity index (χ4n) is 1.45. The van der Waals surface area contributed by atoms with Gasteiger partial charge in [-0.05, 0) is 13.3 Å². The van der Waals surface area contributed by atoms with E-state index in [1.54, 1.807) is 0 Å². The zero-order valence-corrected chi connectivity index (χ0v) is 11.6. The zero-order chi connectivity index (χ0) is 13.0. The molecule has 0 aromatic heterocycles. The number of hydrogen-bond donors (Lipinski definition) is 1. The molecule has 0 spiro atoms. The molecule has 0 aromatic rings. The summed E-state index contributed by atoms with van der Waals surface area (Å²) < 4.78 is 50.7. The number of alkyl halides is 3. The van der Waals surface area contributed by atoms with Gasteiger partial charge in [0.2, 0.25) is 0 Å². The van der Waals surface area contributed by atoms with Crippen LogP contribution in [0.25, 0.3) is 0 Å². The third kappa shape index (κ3) is 3.92. The molecule has 16 heavy (non-hydrogen) atoms. The van der Waals surface area contributed by atoms with Crippen molar-refractivity contribution in [1.82, 2.24) is 0 Å². The minimum absolute atomic E-state index is 0.221. The molecular weight excluding hydrogens is 261 g/mol. The van der Waals surface area contributed by atoms with E-state index in [2.05, 4.69) is 12.6 Å². The summed E-state index contributed by atoms with van der Waals surface area (Å²) in [6.07, 6.45) is -5.39. The van der Waals surface area contributed by atoms with Crippen molar-refractivity contribution in [3.63, 3.8) is 0 Å². The summed E-state index contributed by atoms with van der Waals surface area (Å²) in [6, 6.07) is 0. The van der Waals surface area contributed by atoms with Crippen molar-refractivity contribution in [3.8, 4) is 0 Å². The van der Waals surface area contributed by atoms with Crippen LogP contribution in [0.5, 0.6) is 0 Å². The minimum Gasteiger partial charge on any atom is -0.376 e. The lowest BCUT2D eigenvalue weighted by Crippen LogP contribution is -2.59. The molecule has 0 saturated carbocycles. The maximum atomic E-state index is 12.1. The molecule has 0 aliphatic carbocycles. The standard InChI is InChI=1S/C8H17F3O3SSi/c1-7(15,5-6-8(9,10)11)16(12-2,13-3)14-4/h15H,5-6H2,1-4H3. The molecule has 98 valence electrons. The SMILES string of the molecule is CO[Si](OC)(OC)C(C)(S)CCC(F)(F)F. The van der Waals surface area contributed by atoms with Crippen molar-refractivity contribution in [1.29, 1.82) is 0 Å². The summed E-state index contributed by atoms with van der Waals surface area (Å²) in [5.74, 6) is 0. The van der Waals surface area contributed by atoms with E-state index in [9.17, 15) is 13.2 Å². The minimum atomic E-state index is -4.22. The second kappa shape index (κ2) is 5.72. The van der Waals surface area contributed by atoms with Gasteiger partial charge in [0.1, 0.15) is 0 Å². The number of rotatable bonds is 6. The van der Waals surface area contributed by atoms with E-state index in [0.717, 1.165) is 0 Å². The molecule has 1 unspecified atom stereocenters. The molecule has 0 saturated heterocycles. The fraction of sp³-hybridized carbons (Fsp3) is 1.00. The predicted molar refractivity (Wildman–Crippen MR) is 59.5 cm³/mol. The molecule has 0 N–H and O–H groups in total. The highest BCUT2D eigenvalue weighted by Gasteiger charge is 2.55. The van der Waals surface area contributed by atoms with Crippen LogP contribution in [0.3, 0.4) is 0 Å². The Kier molecular flexibility index (Phi) is 5.80. The molecule has 8 heteroatoms. The molecule has 0 aliphatic rings. The molecule has 0 amide bonds. The highest BCUT2D eigenvalue weighted by atomic mass is 32.1. The van der Waals surface area contributed by atoms with Crippen LogP contribution in [0.15, 0.2) is 0 Å². The lowest BCUT2D eigenvalue weighted by molar-refractivity contribution is -0.136. The Morgan fingerprint density at radius 1 is 1.00 bits per heavy atom. The van der Waals surface area contributed by atoms with Gasteiger partial charge in [-0.1, -0.05) is 0 Å². The smallest absolute Gasteiger partial charge is 0.376 e. The number of hydrogen-bond acceptors (Lipinski definition) is 4. The van der Waals surface area contributed by atoms with Gasteiger partial charge in [0.05, 0.1) is 4.37 Å². The van der Waals surface area contributed by atoms with E-state index < -0.39 is 25.8 Å². The van der Waals surface area contributed by atoms with Gasteiger partial charge in [0.15, 0.2) is 0 Å². The molecular formula is C8H17F3O3SSi. The van der Waals surface area contributed by atoms with Gasteiger partial charge in [-0.25, -0.2) is 0 Å². The van der Waals surface area contributed by atoms with Crippen molar-refractivity contribution in [2.45, 2.75) is 30.3 Å². The van der Waals surface area contributed by atoms with Gasteiger partial charge < -0.3 is 13.3 Å². The van der Waals surface area contributed by atoms with Crippen LogP contribution in [0.2, 0.25) is 0 Å². The second-order valence-electron chi connectivity index (χ2n) is 3.56. The summed E-state index contributed by atoms with van der Waals surface area (Å²) in [4.78, 5) is 0.